The lowest BCUT2D eigenvalue weighted by molar-refractivity contribution is -0.139. The fraction of sp³-hybridized carbons (Fsp3) is 0.308. The Hall–Kier alpha value is -2.58. The zero-order valence-corrected chi connectivity index (χ0v) is 11.6. The van der Waals surface area contributed by atoms with Gasteiger partial charge in [-0.1, -0.05) is 0 Å². The van der Waals surface area contributed by atoms with Crippen molar-refractivity contribution < 1.29 is 32.7 Å². The first-order valence-electron chi connectivity index (χ1n) is 6.04. The maximum Gasteiger partial charge on any atom is 0.416 e. The van der Waals surface area contributed by atoms with Crippen LogP contribution in [0.2, 0.25) is 0 Å². The minimum atomic E-state index is -4.72. The molecule has 1 rings (SSSR count). The van der Waals surface area contributed by atoms with Gasteiger partial charge in [-0.15, -0.1) is 0 Å². The van der Waals surface area contributed by atoms with Crippen molar-refractivity contribution in [2.45, 2.75) is 26.1 Å². The Balaban J connectivity index is 3.20. The highest BCUT2D eigenvalue weighted by Crippen LogP contribution is 2.32. The largest absolute Gasteiger partial charge is 0.480 e. The summed E-state index contributed by atoms with van der Waals surface area (Å²) in [5.41, 5.74) is -1.76. The van der Waals surface area contributed by atoms with Crippen LogP contribution in [0.15, 0.2) is 18.2 Å². The molecule has 0 aliphatic rings. The van der Waals surface area contributed by atoms with E-state index in [9.17, 15) is 27.6 Å². The lowest BCUT2D eigenvalue weighted by Gasteiger charge is -2.14. The van der Waals surface area contributed by atoms with Crippen LogP contribution in [0.1, 0.15) is 29.8 Å². The summed E-state index contributed by atoms with van der Waals surface area (Å²) in [5.74, 6) is -2.93. The van der Waals surface area contributed by atoms with Gasteiger partial charge in [-0.05, 0) is 25.1 Å². The summed E-state index contributed by atoms with van der Waals surface area (Å²) in [4.78, 5) is 33.4. The van der Waals surface area contributed by atoms with Gasteiger partial charge in [0.1, 0.15) is 6.04 Å². The average molecular weight is 318 g/mol. The van der Waals surface area contributed by atoms with Crippen molar-refractivity contribution >= 4 is 23.5 Å². The molecule has 0 saturated heterocycles. The molecule has 1 atom stereocenters. The standard InChI is InChI=1S/C13H13F3N2O4/c1-6(12(21)22)17-11(20)8-3-9(13(14,15)16)5-10(4-8)18-7(2)19/h3-6H,1-2H3,(H,17,20)(H,18,19)(H,21,22)/t6-/m0/s1. The number of benzene rings is 1. The third-order valence-corrected chi connectivity index (χ3v) is 2.56. The van der Waals surface area contributed by atoms with E-state index in [1.165, 1.54) is 6.92 Å². The van der Waals surface area contributed by atoms with E-state index in [-0.39, 0.29) is 5.69 Å². The Kier molecular flexibility index (Phi) is 5.13. The Morgan fingerprint density at radius 1 is 1.18 bits per heavy atom. The van der Waals surface area contributed by atoms with Gasteiger partial charge in [0, 0.05) is 18.2 Å². The van der Waals surface area contributed by atoms with Crippen LogP contribution in [0.5, 0.6) is 0 Å². The van der Waals surface area contributed by atoms with Gasteiger partial charge in [0.2, 0.25) is 5.91 Å². The number of aliphatic carboxylic acids is 1. The number of alkyl halides is 3. The first kappa shape index (κ1) is 17.5. The van der Waals surface area contributed by atoms with E-state index in [4.69, 9.17) is 5.11 Å². The minimum absolute atomic E-state index is 0.213. The fourth-order valence-corrected chi connectivity index (χ4v) is 1.54. The molecule has 3 N–H and O–H groups in total. The molecule has 1 aromatic rings. The number of anilines is 1. The van der Waals surface area contributed by atoms with Crippen LogP contribution in [-0.4, -0.2) is 28.9 Å². The van der Waals surface area contributed by atoms with E-state index >= 15 is 0 Å². The van der Waals surface area contributed by atoms with Crippen molar-refractivity contribution in [2.24, 2.45) is 0 Å². The number of carboxylic acids is 1. The van der Waals surface area contributed by atoms with Crippen LogP contribution in [0.25, 0.3) is 0 Å². The van der Waals surface area contributed by atoms with Crippen molar-refractivity contribution in [1.82, 2.24) is 5.32 Å². The number of halogens is 3. The molecule has 120 valence electrons. The summed E-state index contributed by atoms with van der Waals surface area (Å²) in [7, 11) is 0. The van der Waals surface area contributed by atoms with Gasteiger partial charge in [-0.3, -0.25) is 14.4 Å². The predicted octanol–water partition coefficient (Wildman–Crippen LogP) is 1.87. The number of amides is 2. The van der Waals surface area contributed by atoms with Crippen molar-refractivity contribution in [2.75, 3.05) is 5.32 Å². The van der Waals surface area contributed by atoms with Gasteiger partial charge in [-0.2, -0.15) is 13.2 Å². The monoisotopic (exact) mass is 318 g/mol. The molecular formula is C13H13F3N2O4. The highest BCUT2D eigenvalue weighted by Gasteiger charge is 2.32. The van der Waals surface area contributed by atoms with Gasteiger partial charge < -0.3 is 15.7 Å². The smallest absolute Gasteiger partial charge is 0.416 e. The predicted molar refractivity (Wildman–Crippen MR) is 70.3 cm³/mol. The van der Waals surface area contributed by atoms with Crippen molar-refractivity contribution in [1.29, 1.82) is 0 Å². The van der Waals surface area contributed by atoms with Crippen molar-refractivity contribution in [3.63, 3.8) is 0 Å². The number of carbonyl (C=O) groups is 3. The molecule has 0 heterocycles. The van der Waals surface area contributed by atoms with Crippen LogP contribution < -0.4 is 10.6 Å². The summed E-state index contributed by atoms with van der Waals surface area (Å²) in [6, 6.07) is 1.01. The van der Waals surface area contributed by atoms with Crippen molar-refractivity contribution in [3.8, 4) is 0 Å². The van der Waals surface area contributed by atoms with Crippen LogP contribution in [0.3, 0.4) is 0 Å². The number of carboxylic acid groups (broad SMARTS) is 1. The molecule has 0 saturated carbocycles. The quantitative estimate of drug-likeness (QED) is 0.789. The van der Waals surface area contributed by atoms with Crippen molar-refractivity contribution in [3.05, 3.63) is 29.3 Å². The summed E-state index contributed by atoms with van der Waals surface area (Å²) < 4.78 is 38.4. The maximum atomic E-state index is 12.8. The zero-order valence-electron chi connectivity index (χ0n) is 11.6. The third-order valence-electron chi connectivity index (χ3n) is 2.56. The third kappa shape index (κ3) is 4.76. The minimum Gasteiger partial charge on any atom is -0.480 e. The van der Waals surface area contributed by atoms with Crippen LogP contribution in [0.4, 0.5) is 18.9 Å². The van der Waals surface area contributed by atoms with Crippen LogP contribution >= 0.6 is 0 Å². The molecular weight excluding hydrogens is 305 g/mol. The fourth-order valence-electron chi connectivity index (χ4n) is 1.54. The molecule has 22 heavy (non-hydrogen) atoms. The van der Waals surface area contributed by atoms with Crippen LogP contribution in [0, 0.1) is 0 Å². The molecule has 2 amide bonds. The summed E-state index contributed by atoms with van der Waals surface area (Å²) >= 11 is 0. The summed E-state index contributed by atoms with van der Waals surface area (Å²) in [6.45, 7) is 2.27. The van der Waals surface area contributed by atoms with E-state index in [1.807, 2.05) is 5.32 Å². The number of hydrogen-bond acceptors (Lipinski definition) is 3. The molecule has 0 fully saturated rings. The maximum absolute atomic E-state index is 12.8. The zero-order chi connectivity index (χ0) is 17.1. The first-order chi connectivity index (χ1) is 10.0. The molecule has 0 aliphatic carbocycles. The van der Waals surface area contributed by atoms with Crippen LogP contribution in [-0.2, 0) is 15.8 Å². The number of carbonyl (C=O) groups excluding carboxylic acids is 2. The Labute approximate surface area is 123 Å². The summed E-state index contributed by atoms with van der Waals surface area (Å²) in [6.07, 6.45) is -4.72. The number of nitrogens with one attached hydrogen (secondary N) is 2. The van der Waals surface area contributed by atoms with Gasteiger partial charge in [-0.25, -0.2) is 0 Å². The molecule has 0 bridgehead atoms. The topological polar surface area (TPSA) is 95.5 Å². The molecule has 9 heteroatoms. The number of hydrogen-bond donors (Lipinski definition) is 3. The highest BCUT2D eigenvalue weighted by molar-refractivity contribution is 5.98. The molecule has 0 aromatic heterocycles. The van der Waals surface area contributed by atoms with E-state index in [1.54, 1.807) is 0 Å². The van der Waals surface area contributed by atoms with Gasteiger partial charge in [0.15, 0.2) is 0 Å². The Bertz CT molecular complexity index is 614. The van der Waals surface area contributed by atoms with E-state index in [2.05, 4.69) is 5.32 Å². The van der Waals surface area contributed by atoms with E-state index in [0.717, 1.165) is 13.0 Å². The molecule has 0 spiro atoms. The normalized spacial score (nSPS) is 12.4. The SMILES string of the molecule is CC(=O)Nc1cc(C(=O)N[C@@H](C)C(=O)O)cc(C(F)(F)F)c1. The number of rotatable bonds is 4. The van der Waals surface area contributed by atoms with Gasteiger partial charge >= 0.3 is 12.1 Å². The lowest BCUT2D eigenvalue weighted by Crippen LogP contribution is -2.38. The summed E-state index contributed by atoms with van der Waals surface area (Å²) in [5, 5.41) is 12.9. The first-order valence-corrected chi connectivity index (χ1v) is 6.04. The molecule has 0 aliphatic heterocycles. The highest BCUT2D eigenvalue weighted by atomic mass is 19.4. The molecule has 6 nitrogen and oxygen atoms in total. The molecule has 0 unspecified atom stereocenters. The second kappa shape index (κ2) is 6.46. The van der Waals surface area contributed by atoms with E-state index < -0.39 is 41.1 Å². The van der Waals surface area contributed by atoms with Gasteiger partial charge in [0.05, 0.1) is 5.56 Å². The Morgan fingerprint density at radius 3 is 2.23 bits per heavy atom. The molecule has 1 aromatic carbocycles. The lowest BCUT2D eigenvalue weighted by atomic mass is 10.1. The van der Waals surface area contributed by atoms with Gasteiger partial charge in [0.25, 0.3) is 5.91 Å². The average Bonchev–Trinajstić information content (AvgIpc) is 2.36. The second-order valence-electron chi connectivity index (χ2n) is 4.51. The second-order valence-corrected chi connectivity index (χ2v) is 4.51. The Morgan fingerprint density at radius 2 is 1.77 bits per heavy atom. The molecule has 0 radical (unpaired) electrons. The van der Waals surface area contributed by atoms with E-state index in [0.29, 0.717) is 12.1 Å².